The molecule has 0 unspecified atom stereocenters. The van der Waals surface area contributed by atoms with Crippen LogP contribution in [0.2, 0.25) is 0 Å². The molecule has 3 rings (SSSR count). The molecule has 29 heavy (non-hydrogen) atoms. The number of carbonyl (C=O) groups is 1. The first-order valence-corrected chi connectivity index (χ1v) is 9.65. The average molecular weight is 395 g/mol. The number of halogens is 1. The highest BCUT2D eigenvalue weighted by atomic mass is 19.1. The molecule has 152 valence electrons. The zero-order chi connectivity index (χ0) is 21.0. The second-order valence-corrected chi connectivity index (χ2v) is 8.12. The summed E-state index contributed by atoms with van der Waals surface area (Å²) in [6.45, 7) is 8.45. The fourth-order valence-corrected chi connectivity index (χ4v) is 2.94. The highest BCUT2D eigenvalue weighted by molar-refractivity contribution is 5.81. The molecule has 1 heterocycles. The number of rotatable bonds is 7. The monoisotopic (exact) mass is 395 g/mol. The maximum atomic E-state index is 13.3. The lowest BCUT2D eigenvalue weighted by Crippen LogP contribution is -2.39. The van der Waals surface area contributed by atoms with E-state index in [1.165, 1.54) is 22.5 Å². The number of nitrogens with zero attached hydrogens (tertiary/aromatic N) is 4. The third-order valence-corrected chi connectivity index (χ3v) is 4.78. The van der Waals surface area contributed by atoms with Gasteiger partial charge in [0.15, 0.2) is 0 Å². The maximum absolute atomic E-state index is 13.3. The lowest BCUT2D eigenvalue weighted by molar-refractivity contribution is -0.130. The molecule has 0 fully saturated rings. The molecule has 1 N–H and O–H groups in total. The minimum absolute atomic E-state index is 0.165. The van der Waals surface area contributed by atoms with Crippen LogP contribution in [0.4, 0.5) is 4.39 Å². The first-order chi connectivity index (χ1) is 13.7. The van der Waals surface area contributed by atoms with E-state index in [-0.39, 0.29) is 24.8 Å². The van der Waals surface area contributed by atoms with Crippen LogP contribution in [0, 0.1) is 11.2 Å². The van der Waals surface area contributed by atoms with Crippen LogP contribution in [0.5, 0.6) is 0 Å². The molecule has 6 nitrogen and oxygen atoms in total. The Morgan fingerprint density at radius 2 is 1.90 bits per heavy atom. The van der Waals surface area contributed by atoms with Gasteiger partial charge < -0.3 is 5.32 Å². The molecule has 0 atom stereocenters. The normalized spacial score (nSPS) is 11.7. The summed E-state index contributed by atoms with van der Waals surface area (Å²) < 4.78 is 13.3. The maximum Gasteiger partial charge on any atom is 0.227 e. The van der Waals surface area contributed by atoms with Crippen molar-refractivity contribution in [3.63, 3.8) is 0 Å². The van der Waals surface area contributed by atoms with Crippen molar-refractivity contribution in [2.24, 2.45) is 5.41 Å². The van der Waals surface area contributed by atoms with Crippen LogP contribution in [-0.2, 0) is 17.9 Å². The first kappa shape index (κ1) is 20.6. The first-order valence-electron chi connectivity index (χ1n) is 9.65. The molecule has 2 aromatic carbocycles. The predicted octanol–water partition coefficient (Wildman–Crippen LogP) is 3.95. The lowest BCUT2D eigenvalue weighted by atomic mass is 9.92. The summed E-state index contributed by atoms with van der Waals surface area (Å²) in [5.74, 6) is 0.495. The minimum Gasteiger partial charge on any atom is -0.352 e. The zero-order valence-electron chi connectivity index (χ0n) is 17.2. The van der Waals surface area contributed by atoms with E-state index in [9.17, 15) is 9.18 Å². The van der Waals surface area contributed by atoms with Crippen molar-refractivity contribution < 1.29 is 9.18 Å². The van der Waals surface area contributed by atoms with Gasteiger partial charge in [-0.25, -0.2) is 4.39 Å². The molecular weight excluding hydrogens is 369 g/mol. The van der Waals surface area contributed by atoms with Gasteiger partial charge in [0.2, 0.25) is 11.7 Å². The minimum atomic E-state index is -0.757. The van der Waals surface area contributed by atoms with E-state index < -0.39 is 5.41 Å². The number of carbonyl (C=O) groups excluding carboxylic acids is 1. The van der Waals surface area contributed by atoms with Gasteiger partial charge in [0.1, 0.15) is 5.82 Å². The molecule has 0 aliphatic carbocycles. The Hall–Kier alpha value is -3.09. The van der Waals surface area contributed by atoms with E-state index in [4.69, 9.17) is 0 Å². The summed E-state index contributed by atoms with van der Waals surface area (Å²) >= 11 is 0. The molecule has 0 spiro atoms. The van der Waals surface area contributed by atoms with E-state index in [0.29, 0.717) is 17.3 Å². The highest BCUT2D eigenvalue weighted by Crippen LogP contribution is 2.21. The largest absolute Gasteiger partial charge is 0.352 e. The standard InChI is InChI=1S/C22H26FN5O/c1-15(2)17-8-10-18(11-9-17)20-25-27-28(26-20)14-22(3,4)21(29)24-13-16-6-5-7-19(23)12-16/h5-12,15H,13-14H2,1-4H3,(H,24,29). The number of benzene rings is 2. The van der Waals surface area contributed by atoms with Crippen molar-refractivity contribution in [1.82, 2.24) is 25.5 Å². The molecule has 3 aromatic rings. The molecule has 0 bridgehead atoms. The van der Waals surface area contributed by atoms with E-state index >= 15 is 0 Å². The van der Waals surface area contributed by atoms with Gasteiger partial charge in [-0.05, 0) is 48.2 Å². The second kappa shape index (κ2) is 8.51. The van der Waals surface area contributed by atoms with Crippen molar-refractivity contribution in [2.45, 2.75) is 46.7 Å². The summed E-state index contributed by atoms with van der Waals surface area (Å²) in [4.78, 5) is 14.0. The molecule has 7 heteroatoms. The number of hydrogen-bond acceptors (Lipinski definition) is 4. The van der Waals surface area contributed by atoms with Crippen molar-refractivity contribution in [2.75, 3.05) is 0 Å². The summed E-state index contributed by atoms with van der Waals surface area (Å²) in [5, 5.41) is 15.5. The van der Waals surface area contributed by atoms with Crippen LogP contribution in [0.1, 0.15) is 44.7 Å². The van der Waals surface area contributed by atoms with Gasteiger partial charge in [-0.15, -0.1) is 10.2 Å². The van der Waals surface area contributed by atoms with E-state index in [1.54, 1.807) is 12.1 Å². The number of amides is 1. The van der Waals surface area contributed by atoms with Crippen LogP contribution in [0.25, 0.3) is 11.4 Å². The fraction of sp³-hybridized carbons (Fsp3) is 0.364. The second-order valence-electron chi connectivity index (χ2n) is 8.12. The SMILES string of the molecule is CC(C)c1ccc(-c2nnn(CC(C)(C)C(=O)NCc3cccc(F)c3)n2)cc1. The molecule has 0 aliphatic rings. The summed E-state index contributed by atoms with van der Waals surface area (Å²) in [5.41, 5.74) is 2.08. The van der Waals surface area contributed by atoms with Crippen molar-refractivity contribution in [3.05, 3.63) is 65.5 Å². The number of nitrogens with one attached hydrogen (secondary N) is 1. The predicted molar refractivity (Wildman–Crippen MR) is 109 cm³/mol. The van der Waals surface area contributed by atoms with E-state index in [1.807, 2.05) is 26.0 Å². The van der Waals surface area contributed by atoms with Crippen molar-refractivity contribution in [3.8, 4) is 11.4 Å². The molecule has 0 aliphatic heterocycles. The molecule has 0 saturated carbocycles. The molecule has 1 aromatic heterocycles. The van der Waals surface area contributed by atoms with Gasteiger partial charge in [-0.2, -0.15) is 4.80 Å². The molecule has 0 radical (unpaired) electrons. The number of aromatic nitrogens is 4. The highest BCUT2D eigenvalue weighted by Gasteiger charge is 2.29. The van der Waals surface area contributed by atoms with Gasteiger partial charge in [0.05, 0.1) is 12.0 Å². The van der Waals surface area contributed by atoms with Gasteiger partial charge in [0, 0.05) is 12.1 Å². The fourth-order valence-electron chi connectivity index (χ4n) is 2.94. The van der Waals surface area contributed by atoms with Gasteiger partial charge >= 0.3 is 0 Å². The quantitative estimate of drug-likeness (QED) is 0.658. The van der Waals surface area contributed by atoms with Crippen molar-refractivity contribution in [1.29, 1.82) is 0 Å². The Balaban J connectivity index is 1.63. The van der Waals surface area contributed by atoms with Crippen LogP contribution < -0.4 is 5.32 Å². The Morgan fingerprint density at radius 1 is 1.17 bits per heavy atom. The van der Waals surface area contributed by atoms with E-state index in [0.717, 1.165) is 5.56 Å². The topological polar surface area (TPSA) is 72.7 Å². The van der Waals surface area contributed by atoms with Gasteiger partial charge in [-0.1, -0.05) is 50.2 Å². The zero-order valence-corrected chi connectivity index (χ0v) is 17.2. The summed E-state index contributed by atoms with van der Waals surface area (Å²) in [7, 11) is 0. The molecular formula is C22H26FN5O. The Bertz CT molecular complexity index is 979. The Morgan fingerprint density at radius 3 is 2.55 bits per heavy atom. The van der Waals surface area contributed by atoms with Crippen LogP contribution in [-0.4, -0.2) is 26.1 Å². The summed E-state index contributed by atoms with van der Waals surface area (Å²) in [6.07, 6.45) is 0. The Labute approximate surface area is 170 Å². The van der Waals surface area contributed by atoms with Crippen LogP contribution >= 0.6 is 0 Å². The van der Waals surface area contributed by atoms with Crippen LogP contribution in [0.15, 0.2) is 48.5 Å². The third-order valence-electron chi connectivity index (χ3n) is 4.78. The van der Waals surface area contributed by atoms with Gasteiger partial charge in [-0.3, -0.25) is 4.79 Å². The Kier molecular flexibility index (Phi) is 6.06. The number of tetrazole rings is 1. The van der Waals surface area contributed by atoms with E-state index in [2.05, 4.69) is 46.7 Å². The molecule has 0 saturated heterocycles. The average Bonchev–Trinajstić information content (AvgIpc) is 3.14. The van der Waals surface area contributed by atoms with Crippen LogP contribution in [0.3, 0.4) is 0 Å². The number of hydrogen-bond donors (Lipinski definition) is 1. The van der Waals surface area contributed by atoms with Crippen molar-refractivity contribution >= 4 is 5.91 Å². The molecule has 1 amide bonds. The smallest absolute Gasteiger partial charge is 0.227 e. The third kappa shape index (κ3) is 5.25. The lowest BCUT2D eigenvalue weighted by Gasteiger charge is -2.22. The van der Waals surface area contributed by atoms with Gasteiger partial charge in [0.25, 0.3) is 0 Å². The summed E-state index contributed by atoms with van der Waals surface area (Å²) in [6, 6.07) is 14.3.